The van der Waals surface area contributed by atoms with E-state index in [1.807, 2.05) is 0 Å². The monoisotopic (exact) mass is 254 g/mol. The van der Waals surface area contributed by atoms with Crippen molar-refractivity contribution < 1.29 is 0 Å². The number of anilines is 2. The van der Waals surface area contributed by atoms with Crippen molar-refractivity contribution in [2.45, 2.75) is 6.42 Å². The van der Waals surface area contributed by atoms with E-state index in [1.54, 1.807) is 0 Å². The van der Waals surface area contributed by atoms with Gasteiger partial charge in [-0.1, -0.05) is 30.3 Å². The summed E-state index contributed by atoms with van der Waals surface area (Å²) < 4.78 is 0. The molecule has 2 rings (SSSR count). The standard InChI is InChI=1S/C17H22N2/c1-18(2)16-11-9-14(10-12-16)13-15-7-5-6-8-17(15)19(3)4/h5-12H,13H2,1-4H3. The van der Waals surface area contributed by atoms with Crippen LogP contribution in [0.4, 0.5) is 11.4 Å². The normalized spacial score (nSPS) is 10.3. The van der Waals surface area contributed by atoms with Gasteiger partial charge in [0.15, 0.2) is 0 Å². The van der Waals surface area contributed by atoms with Crippen LogP contribution in [-0.2, 0) is 6.42 Å². The Balaban J connectivity index is 2.21. The summed E-state index contributed by atoms with van der Waals surface area (Å²) in [6.07, 6.45) is 0.974. The van der Waals surface area contributed by atoms with Gasteiger partial charge in [0.05, 0.1) is 0 Å². The van der Waals surface area contributed by atoms with Gasteiger partial charge in [-0.25, -0.2) is 0 Å². The molecule has 0 unspecified atom stereocenters. The van der Waals surface area contributed by atoms with Crippen molar-refractivity contribution in [2.24, 2.45) is 0 Å². The van der Waals surface area contributed by atoms with Crippen molar-refractivity contribution in [3.8, 4) is 0 Å². The first-order chi connectivity index (χ1) is 9.08. The minimum absolute atomic E-state index is 0.974. The molecule has 0 saturated carbocycles. The molecule has 0 amide bonds. The Morgan fingerprint density at radius 1 is 0.737 bits per heavy atom. The molecule has 0 N–H and O–H groups in total. The van der Waals surface area contributed by atoms with Crippen LogP contribution in [0.3, 0.4) is 0 Å². The van der Waals surface area contributed by atoms with Gasteiger partial charge in [-0.05, 0) is 35.7 Å². The molecular formula is C17H22N2. The second kappa shape index (κ2) is 5.79. The lowest BCUT2D eigenvalue weighted by Crippen LogP contribution is -2.11. The van der Waals surface area contributed by atoms with Crippen LogP contribution in [0, 0.1) is 0 Å². The Hall–Kier alpha value is -1.96. The number of nitrogens with zero attached hydrogens (tertiary/aromatic N) is 2. The minimum Gasteiger partial charge on any atom is -0.378 e. The molecule has 0 fully saturated rings. The van der Waals surface area contributed by atoms with Crippen LogP contribution >= 0.6 is 0 Å². The Morgan fingerprint density at radius 3 is 1.95 bits per heavy atom. The number of benzene rings is 2. The number of rotatable bonds is 4. The van der Waals surface area contributed by atoms with E-state index in [1.165, 1.54) is 22.5 Å². The lowest BCUT2D eigenvalue weighted by Gasteiger charge is -2.18. The molecule has 0 radical (unpaired) electrons. The highest BCUT2D eigenvalue weighted by Crippen LogP contribution is 2.22. The molecule has 0 aliphatic rings. The van der Waals surface area contributed by atoms with Gasteiger partial charge in [0.1, 0.15) is 0 Å². The maximum absolute atomic E-state index is 2.21. The van der Waals surface area contributed by atoms with E-state index in [0.29, 0.717) is 0 Å². The molecule has 19 heavy (non-hydrogen) atoms. The van der Waals surface area contributed by atoms with Crippen LogP contribution in [0.5, 0.6) is 0 Å². The maximum atomic E-state index is 2.21. The highest BCUT2D eigenvalue weighted by Gasteiger charge is 2.05. The second-order valence-electron chi connectivity index (χ2n) is 5.26. The Kier molecular flexibility index (Phi) is 4.10. The van der Waals surface area contributed by atoms with Crippen molar-refractivity contribution in [1.82, 2.24) is 0 Å². The van der Waals surface area contributed by atoms with E-state index in [-0.39, 0.29) is 0 Å². The Labute approximate surface area is 116 Å². The van der Waals surface area contributed by atoms with E-state index in [2.05, 4.69) is 86.5 Å². The molecule has 0 saturated heterocycles. The molecule has 2 nitrogen and oxygen atoms in total. The Bertz CT molecular complexity index is 527. The first-order valence-corrected chi connectivity index (χ1v) is 6.59. The highest BCUT2D eigenvalue weighted by atomic mass is 15.1. The van der Waals surface area contributed by atoms with Crippen LogP contribution in [0.25, 0.3) is 0 Å². The number of hydrogen-bond acceptors (Lipinski definition) is 2. The van der Waals surface area contributed by atoms with Crippen LogP contribution < -0.4 is 9.80 Å². The highest BCUT2D eigenvalue weighted by molar-refractivity contribution is 5.54. The molecular weight excluding hydrogens is 232 g/mol. The van der Waals surface area contributed by atoms with Crippen LogP contribution in [0.15, 0.2) is 48.5 Å². The molecule has 0 heterocycles. The smallest absolute Gasteiger partial charge is 0.0396 e. The van der Waals surface area contributed by atoms with E-state index < -0.39 is 0 Å². The van der Waals surface area contributed by atoms with E-state index in [4.69, 9.17) is 0 Å². The van der Waals surface area contributed by atoms with Crippen LogP contribution in [0.1, 0.15) is 11.1 Å². The maximum Gasteiger partial charge on any atom is 0.0396 e. The van der Waals surface area contributed by atoms with Gasteiger partial charge < -0.3 is 9.80 Å². The van der Waals surface area contributed by atoms with E-state index in [9.17, 15) is 0 Å². The molecule has 0 bridgehead atoms. The quantitative estimate of drug-likeness (QED) is 0.825. The molecule has 100 valence electrons. The molecule has 2 heteroatoms. The van der Waals surface area contributed by atoms with Crippen molar-refractivity contribution in [2.75, 3.05) is 38.0 Å². The minimum atomic E-state index is 0.974. The van der Waals surface area contributed by atoms with Crippen molar-refractivity contribution in [3.63, 3.8) is 0 Å². The molecule has 0 aliphatic carbocycles. The van der Waals surface area contributed by atoms with Gasteiger partial charge in [0.2, 0.25) is 0 Å². The number of hydrogen-bond donors (Lipinski definition) is 0. The lowest BCUT2D eigenvalue weighted by atomic mass is 10.0. The zero-order valence-corrected chi connectivity index (χ0v) is 12.2. The first kappa shape index (κ1) is 13.5. The van der Waals surface area contributed by atoms with Gasteiger partial charge in [-0.2, -0.15) is 0 Å². The van der Waals surface area contributed by atoms with E-state index >= 15 is 0 Å². The van der Waals surface area contributed by atoms with Crippen molar-refractivity contribution in [3.05, 3.63) is 59.7 Å². The predicted molar refractivity (Wildman–Crippen MR) is 84.3 cm³/mol. The summed E-state index contributed by atoms with van der Waals surface area (Å²) in [7, 11) is 8.31. The molecule has 0 atom stereocenters. The third-order valence-electron chi connectivity index (χ3n) is 3.32. The summed E-state index contributed by atoms with van der Waals surface area (Å²) in [4.78, 5) is 4.29. The van der Waals surface area contributed by atoms with E-state index in [0.717, 1.165) is 6.42 Å². The van der Waals surface area contributed by atoms with Gasteiger partial charge >= 0.3 is 0 Å². The fraction of sp³-hybridized carbons (Fsp3) is 0.294. The Morgan fingerprint density at radius 2 is 1.37 bits per heavy atom. The molecule has 2 aromatic carbocycles. The number of para-hydroxylation sites is 1. The van der Waals surface area contributed by atoms with Crippen molar-refractivity contribution >= 4 is 11.4 Å². The largest absolute Gasteiger partial charge is 0.378 e. The van der Waals surface area contributed by atoms with Gasteiger partial charge in [0.25, 0.3) is 0 Å². The molecule has 0 spiro atoms. The third kappa shape index (κ3) is 3.28. The fourth-order valence-corrected chi connectivity index (χ4v) is 2.23. The zero-order valence-electron chi connectivity index (χ0n) is 12.2. The van der Waals surface area contributed by atoms with Crippen LogP contribution in [0.2, 0.25) is 0 Å². The second-order valence-corrected chi connectivity index (χ2v) is 5.26. The van der Waals surface area contributed by atoms with Crippen molar-refractivity contribution in [1.29, 1.82) is 0 Å². The SMILES string of the molecule is CN(C)c1ccc(Cc2ccccc2N(C)C)cc1. The topological polar surface area (TPSA) is 6.48 Å². The summed E-state index contributed by atoms with van der Waals surface area (Å²) in [6, 6.07) is 17.3. The summed E-state index contributed by atoms with van der Waals surface area (Å²) in [6.45, 7) is 0. The summed E-state index contributed by atoms with van der Waals surface area (Å²) in [5.74, 6) is 0. The lowest BCUT2D eigenvalue weighted by molar-refractivity contribution is 1.08. The summed E-state index contributed by atoms with van der Waals surface area (Å²) >= 11 is 0. The summed E-state index contributed by atoms with van der Waals surface area (Å²) in [5.41, 5.74) is 5.24. The van der Waals surface area contributed by atoms with Gasteiger partial charge in [-0.15, -0.1) is 0 Å². The van der Waals surface area contributed by atoms with Crippen LogP contribution in [-0.4, -0.2) is 28.2 Å². The summed E-state index contributed by atoms with van der Waals surface area (Å²) in [5, 5.41) is 0. The molecule has 2 aromatic rings. The molecule has 0 aromatic heterocycles. The molecule has 0 aliphatic heterocycles. The third-order valence-corrected chi connectivity index (χ3v) is 3.32. The fourth-order valence-electron chi connectivity index (χ4n) is 2.23. The first-order valence-electron chi connectivity index (χ1n) is 6.59. The average molecular weight is 254 g/mol. The van der Waals surface area contributed by atoms with Gasteiger partial charge in [-0.3, -0.25) is 0 Å². The average Bonchev–Trinajstić information content (AvgIpc) is 2.39. The predicted octanol–water partition coefficient (Wildman–Crippen LogP) is 3.41. The van der Waals surface area contributed by atoms with Gasteiger partial charge in [0, 0.05) is 39.6 Å². The zero-order chi connectivity index (χ0) is 13.8.